The van der Waals surface area contributed by atoms with Crippen LogP contribution in [0.3, 0.4) is 0 Å². The molecule has 2 saturated heterocycles. The molecule has 12 heavy (non-hydrogen) atoms. The molecule has 0 aromatic heterocycles. The van der Waals surface area contributed by atoms with Crippen LogP contribution in [-0.2, 0) is 9.47 Å². The topological polar surface area (TPSA) is 38.7 Å². The van der Waals surface area contributed by atoms with Gasteiger partial charge in [0.05, 0.1) is 19.3 Å². The number of rotatable bonds is 1. The van der Waals surface area contributed by atoms with Gasteiger partial charge in [-0.1, -0.05) is 6.92 Å². The van der Waals surface area contributed by atoms with E-state index in [-0.39, 0.29) is 23.9 Å². The Bertz CT molecular complexity index is 194. The van der Waals surface area contributed by atoms with Gasteiger partial charge in [-0.05, 0) is 13.3 Å². The molecule has 70 valence electrons. The zero-order valence-electron chi connectivity index (χ0n) is 7.67. The highest BCUT2D eigenvalue weighted by molar-refractivity contribution is 4.94. The number of fused-ring (bicyclic) bond motifs is 2. The molecule has 0 aromatic carbocycles. The van der Waals surface area contributed by atoms with E-state index in [1.54, 1.807) is 0 Å². The molecule has 0 radical (unpaired) electrons. The van der Waals surface area contributed by atoms with Gasteiger partial charge in [-0.25, -0.2) is 0 Å². The molecule has 0 aromatic rings. The highest BCUT2D eigenvalue weighted by atomic mass is 16.7. The molecule has 2 aliphatic rings. The molecule has 2 heterocycles. The lowest BCUT2D eigenvalue weighted by molar-refractivity contribution is -0.293. The van der Waals surface area contributed by atoms with Crippen molar-refractivity contribution in [3.05, 3.63) is 0 Å². The first-order valence-electron chi connectivity index (χ1n) is 4.51. The summed E-state index contributed by atoms with van der Waals surface area (Å²) < 4.78 is 11.3. The fourth-order valence-corrected chi connectivity index (χ4v) is 1.97. The second-order valence-electron chi connectivity index (χ2n) is 4.38. The van der Waals surface area contributed by atoms with Crippen LogP contribution in [-0.4, -0.2) is 30.2 Å². The summed E-state index contributed by atoms with van der Waals surface area (Å²) >= 11 is 0. The Kier molecular flexibility index (Phi) is 1.72. The van der Waals surface area contributed by atoms with Gasteiger partial charge in [0.2, 0.25) is 0 Å². The zero-order valence-corrected chi connectivity index (χ0v) is 7.67. The molecule has 2 fully saturated rings. The third-order valence-corrected chi connectivity index (χ3v) is 3.10. The molecule has 0 spiro atoms. The average molecular weight is 172 g/mol. The van der Waals surface area contributed by atoms with Gasteiger partial charge in [0.1, 0.15) is 0 Å². The zero-order chi connectivity index (χ0) is 8.82. The van der Waals surface area contributed by atoms with Crippen molar-refractivity contribution in [2.45, 2.75) is 38.6 Å². The van der Waals surface area contributed by atoms with Crippen molar-refractivity contribution in [2.75, 3.05) is 13.2 Å². The van der Waals surface area contributed by atoms with Crippen LogP contribution < -0.4 is 0 Å². The van der Waals surface area contributed by atoms with E-state index in [0.29, 0.717) is 6.61 Å². The Morgan fingerprint density at radius 3 is 2.92 bits per heavy atom. The molecule has 0 saturated carbocycles. The molecular weight excluding hydrogens is 156 g/mol. The van der Waals surface area contributed by atoms with Crippen LogP contribution in [0, 0.1) is 5.41 Å². The molecule has 3 nitrogen and oxygen atoms in total. The van der Waals surface area contributed by atoms with Crippen LogP contribution in [0.1, 0.15) is 26.7 Å². The molecule has 1 N–H and O–H groups in total. The minimum Gasteiger partial charge on any atom is -0.396 e. The van der Waals surface area contributed by atoms with Crippen LogP contribution in [0.5, 0.6) is 0 Å². The highest BCUT2D eigenvalue weighted by Gasteiger charge is 2.51. The van der Waals surface area contributed by atoms with E-state index < -0.39 is 0 Å². The van der Waals surface area contributed by atoms with E-state index in [1.807, 2.05) is 13.8 Å². The second-order valence-corrected chi connectivity index (χ2v) is 4.38. The summed E-state index contributed by atoms with van der Waals surface area (Å²) in [7, 11) is 0. The number of ether oxygens (including phenoxy) is 2. The fourth-order valence-electron chi connectivity index (χ4n) is 1.97. The number of aliphatic hydroxyl groups is 1. The Morgan fingerprint density at radius 1 is 1.50 bits per heavy atom. The van der Waals surface area contributed by atoms with Gasteiger partial charge in [0.15, 0.2) is 5.79 Å². The smallest absolute Gasteiger partial charge is 0.166 e. The van der Waals surface area contributed by atoms with Gasteiger partial charge in [-0.15, -0.1) is 0 Å². The van der Waals surface area contributed by atoms with Gasteiger partial charge in [0.25, 0.3) is 0 Å². The maximum absolute atomic E-state index is 9.19. The molecule has 2 bridgehead atoms. The summed E-state index contributed by atoms with van der Waals surface area (Å²) in [6.45, 7) is 4.75. The first-order valence-corrected chi connectivity index (χ1v) is 4.51. The summed E-state index contributed by atoms with van der Waals surface area (Å²) in [5, 5.41) is 9.19. The molecule has 3 atom stereocenters. The van der Waals surface area contributed by atoms with Gasteiger partial charge < -0.3 is 14.6 Å². The quantitative estimate of drug-likeness (QED) is 0.639. The largest absolute Gasteiger partial charge is 0.396 e. The minimum absolute atomic E-state index is 0.147. The van der Waals surface area contributed by atoms with Crippen molar-refractivity contribution in [1.82, 2.24) is 0 Å². The Hall–Kier alpha value is -0.120. The normalized spacial score (nSPS) is 52.8. The van der Waals surface area contributed by atoms with Gasteiger partial charge >= 0.3 is 0 Å². The standard InChI is InChI=1S/C9H16O3/c1-8(5-10)6-11-9(2)4-3-7(8)12-9/h7,10H,3-6H2,1-2H3/t7-,8-,9+/m1/s1. The van der Waals surface area contributed by atoms with E-state index in [9.17, 15) is 5.11 Å². The maximum Gasteiger partial charge on any atom is 0.166 e. The van der Waals surface area contributed by atoms with Crippen molar-refractivity contribution < 1.29 is 14.6 Å². The number of aliphatic hydroxyl groups excluding tert-OH is 1. The Labute approximate surface area is 72.7 Å². The van der Waals surface area contributed by atoms with Crippen LogP contribution in [0.15, 0.2) is 0 Å². The van der Waals surface area contributed by atoms with Gasteiger partial charge in [-0.3, -0.25) is 0 Å². The summed E-state index contributed by atoms with van der Waals surface area (Å²) in [5.41, 5.74) is -0.185. The van der Waals surface area contributed by atoms with E-state index >= 15 is 0 Å². The molecular formula is C9H16O3. The predicted octanol–water partition coefficient (Wildman–Crippen LogP) is 0.910. The van der Waals surface area contributed by atoms with Crippen molar-refractivity contribution in [3.63, 3.8) is 0 Å². The molecule has 0 aliphatic carbocycles. The summed E-state index contributed by atoms with van der Waals surface area (Å²) in [4.78, 5) is 0. The van der Waals surface area contributed by atoms with Crippen LogP contribution >= 0.6 is 0 Å². The van der Waals surface area contributed by atoms with E-state index in [0.717, 1.165) is 12.8 Å². The summed E-state index contributed by atoms with van der Waals surface area (Å²) in [5.74, 6) is -0.362. The van der Waals surface area contributed by atoms with Gasteiger partial charge in [-0.2, -0.15) is 0 Å². The number of hydrogen-bond acceptors (Lipinski definition) is 3. The fraction of sp³-hybridized carbons (Fsp3) is 1.00. The summed E-state index contributed by atoms with van der Waals surface area (Å²) in [6.07, 6.45) is 2.14. The first-order chi connectivity index (χ1) is 5.58. The molecule has 0 amide bonds. The number of hydrogen-bond donors (Lipinski definition) is 1. The molecule has 2 rings (SSSR count). The Balaban J connectivity index is 2.16. The van der Waals surface area contributed by atoms with E-state index in [1.165, 1.54) is 0 Å². The van der Waals surface area contributed by atoms with Crippen LogP contribution in [0.25, 0.3) is 0 Å². The predicted molar refractivity (Wildman–Crippen MR) is 43.7 cm³/mol. The van der Waals surface area contributed by atoms with Crippen LogP contribution in [0.4, 0.5) is 0 Å². The van der Waals surface area contributed by atoms with Crippen molar-refractivity contribution in [3.8, 4) is 0 Å². The van der Waals surface area contributed by atoms with Gasteiger partial charge in [0, 0.05) is 11.8 Å². The third kappa shape index (κ3) is 1.08. The average Bonchev–Trinajstić information content (AvgIpc) is 2.40. The maximum atomic E-state index is 9.19. The lowest BCUT2D eigenvalue weighted by Crippen LogP contribution is -2.48. The summed E-state index contributed by atoms with van der Waals surface area (Å²) in [6, 6.07) is 0. The SMILES string of the molecule is C[C@@]12CC[C@@H](O1)[C@](C)(CO)CO2. The first kappa shape index (κ1) is 8.48. The lowest BCUT2D eigenvalue weighted by atomic mass is 9.85. The molecule has 3 heteroatoms. The van der Waals surface area contributed by atoms with Crippen molar-refractivity contribution in [2.24, 2.45) is 5.41 Å². The van der Waals surface area contributed by atoms with Crippen molar-refractivity contribution in [1.29, 1.82) is 0 Å². The van der Waals surface area contributed by atoms with E-state index in [2.05, 4.69) is 0 Å². The van der Waals surface area contributed by atoms with E-state index in [4.69, 9.17) is 9.47 Å². The monoisotopic (exact) mass is 172 g/mol. The molecule has 0 unspecified atom stereocenters. The van der Waals surface area contributed by atoms with Crippen LogP contribution in [0.2, 0.25) is 0 Å². The second kappa shape index (κ2) is 2.44. The highest BCUT2D eigenvalue weighted by Crippen LogP contribution is 2.45. The lowest BCUT2D eigenvalue weighted by Gasteiger charge is -2.41. The Morgan fingerprint density at radius 2 is 2.25 bits per heavy atom. The minimum atomic E-state index is -0.362. The van der Waals surface area contributed by atoms with Crippen molar-refractivity contribution >= 4 is 0 Å². The third-order valence-electron chi connectivity index (χ3n) is 3.10. The molecule has 2 aliphatic heterocycles.